The van der Waals surface area contributed by atoms with Crippen LogP contribution in [-0.2, 0) is 0 Å². The van der Waals surface area contributed by atoms with Crippen LogP contribution < -0.4 is 0 Å². The molecule has 1 spiro atoms. The summed E-state index contributed by atoms with van der Waals surface area (Å²) < 4.78 is 0. The molecule has 108 valence electrons. The fourth-order valence-electron chi connectivity index (χ4n) is 5.64. The molecular formula is C17H30N2. The summed E-state index contributed by atoms with van der Waals surface area (Å²) in [6.07, 6.45) is 9.02. The van der Waals surface area contributed by atoms with Gasteiger partial charge in [-0.1, -0.05) is 6.92 Å². The highest BCUT2D eigenvalue weighted by atomic mass is 15.2. The van der Waals surface area contributed by atoms with Crippen molar-refractivity contribution in [1.82, 2.24) is 9.80 Å². The SMILES string of the molecule is CC1C[C@H]2CN(C3CC4(CCN(C)CC4)C3)C[C@@H]2C1. The maximum Gasteiger partial charge on any atom is 0.0106 e. The summed E-state index contributed by atoms with van der Waals surface area (Å²) in [6.45, 7) is 8.02. The number of hydrogen-bond acceptors (Lipinski definition) is 2. The lowest BCUT2D eigenvalue weighted by atomic mass is 9.60. The molecule has 2 atom stereocenters. The fourth-order valence-corrected chi connectivity index (χ4v) is 5.64. The number of nitrogens with zero attached hydrogens (tertiary/aromatic N) is 2. The number of hydrogen-bond donors (Lipinski definition) is 0. The number of piperidine rings is 1. The molecule has 0 bridgehead atoms. The normalized spacial score (nSPS) is 40.7. The van der Waals surface area contributed by atoms with Gasteiger partial charge < -0.3 is 4.90 Å². The first-order valence-electron chi connectivity index (χ1n) is 8.56. The highest BCUT2D eigenvalue weighted by molar-refractivity contribution is 5.04. The summed E-state index contributed by atoms with van der Waals surface area (Å²) in [5.74, 6) is 3.13. The standard InChI is InChI=1S/C17H30N2/c1-13-7-14-11-19(12-15(14)8-13)16-9-17(10-16)3-5-18(2)6-4-17/h13-16H,3-12H2,1-2H3/t14-,15-/m0/s1. The van der Waals surface area contributed by atoms with Crippen LogP contribution in [0.2, 0.25) is 0 Å². The van der Waals surface area contributed by atoms with Crippen molar-refractivity contribution in [3.05, 3.63) is 0 Å². The van der Waals surface area contributed by atoms with E-state index in [4.69, 9.17) is 0 Å². The minimum atomic E-state index is 0.766. The molecule has 2 saturated carbocycles. The van der Waals surface area contributed by atoms with Gasteiger partial charge in [-0.05, 0) is 81.8 Å². The molecule has 0 aromatic rings. The molecule has 0 radical (unpaired) electrons. The van der Waals surface area contributed by atoms with Gasteiger partial charge in [0.25, 0.3) is 0 Å². The first kappa shape index (κ1) is 12.6. The molecule has 2 heterocycles. The maximum atomic E-state index is 2.88. The second-order valence-corrected chi connectivity index (χ2v) is 8.42. The lowest BCUT2D eigenvalue weighted by Gasteiger charge is -2.54. The van der Waals surface area contributed by atoms with Gasteiger partial charge in [-0.25, -0.2) is 0 Å². The first-order valence-corrected chi connectivity index (χ1v) is 8.56. The Morgan fingerprint density at radius 1 is 0.947 bits per heavy atom. The van der Waals surface area contributed by atoms with Gasteiger partial charge in [0.05, 0.1) is 0 Å². The van der Waals surface area contributed by atoms with Gasteiger partial charge in [-0.15, -0.1) is 0 Å². The van der Waals surface area contributed by atoms with Crippen LogP contribution in [0.4, 0.5) is 0 Å². The fraction of sp³-hybridized carbons (Fsp3) is 1.00. The number of rotatable bonds is 1. The smallest absolute Gasteiger partial charge is 0.0106 e. The molecule has 2 aliphatic heterocycles. The monoisotopic (exact) mass is 262 g/mol. The van der Waals surface area contributed by atoms with Crippen molar-refractivity contribution >= 4 is 0 Å². The zero-order valence-electron chi connectivity index (χ0n) is 12.8. The summed E-state index contributed by atoms with van der Waals surface area (Å²) in [5, 5.41) is 0. The predicted octanol–water partition coefficient (Wildman–Crippen LogP) is 2.84. The Morgan fingerprint density at radius 2 is 1.53 bits per heavy atom. The summed E-state index contributed by atoms with van der Waals surface area (Å²) in [5.41, 5.74) is 0.766. The Labute approximate surface area is 118 Å². The molecule has 2 heteroatoms. The van der Waals surface area contributed by atoms with Crippen LogP contribution in [0, 0.1) is 23.2 Å². The van der Waals surface area contributed by atoms with Crippen LogP contribution in [0.15, 0.2) is 0 Å². The zero-order valence-corrected chi connectivity index (χ0v) is 12.8. The van der Waals surface area contributed by atoms with E-state index in [1.807, 2.05) is 0 Å². The third-order valence-corrected chi connectivity index (χ3v) is 6.92. The van der Waals surface area contributed by atoms with Crippen molar-refractivity contribution in [3.8, 4) is 0 Å². The van der Waals surface area contributed by atoms with Crippen molar-refractivity contribution in [2.75, 3.05) is 33.2 Å². The van der Waals surface area contributed by atoms with Crippen molar-refractivity contribution in [1.29, 1.82) is 0 Å². The van der Waals surface area contributed by atoms with E-state index in [9.17, 15) is 0 Å². The van der Waals surface area contributed by atoms with E-state index in [1.165, 1.54) is 64.7 Å². The van der Waals surface area contributed by atoms with Crippen LogP contribution in [0.5, 0.6) is 0 Å². The summed E-state index contributed by atoms with van der Waals surface area (Å²) in [4.78, 5) is 5.39. The highest BCUT2D eigenvalue weighted by Gasteiger charge is 2.50. The lowest BCUT2D eigenvalue weighted by Crippen LogP contribution is -2.54. The third kappa shape index (κ3) is 2.15. The molecule has 2 saturated heterocycles. The van der Waals surface area contributed by atoms with E-state index < -0.39 is 0 Å². The van der Waals surface area contributed by atoms with E-state index in [-0.39, 0.29) is 0 Å². The van der Waals surface area contributed by atoms with E-state index in [0.717, 1.165) is 29.2 Å². The first-order chi connectivity index (χ1) is 9.13. The lowest BCUT2D eigenvalue weighted by molar-refractivity contribution is -0.0337. The molecule has 4 rings (SSSR count). The summed E-state index contributed by atoms with van der Waals surface area (Å²) in [7, 11) is 2.28. The van der Waals surface area contributed by atoms with E-state index in [2.05, 4.69) is 23.8 Å². The van der Waals surface area contributed by atoms with Gasteiger partial charge in [-0.2, -0.15) is 0 Å². The highest BCUT2D eigenvalue weighted by Crippen LogP contribution is 2.53. The maximum absolute atomic E-state index is 2.88. The average molecular weight is 262 g/mol. The minimum absolute atomic E-state index is 0.766. The van der Waals surface area contributed by atoms with Gasteiger partial charge in [-0.3, -0.25) is 4.90 Å². The predicted molar refractivity (Wildman–Crippen MR) is 79.1 cm³/mol. The Kier molecular flexibility index (Phi) is 2.97. The Morgan fingerprint density at radius 3 is 2.11 bits per heavy atom. The number of likely N-dealkylation sites (tertiary alicyclic amines) is 2. The van der Waals surface area contributed by atoms with Crippen LogP contribution >= 0.6 is 0 Å². The second kappa shape index (κ2) is 4.46. The van der Waals surface area contributed by atoms with Gasteiger partial charge in [0.2, 0.25) is 0 Å². The topological polar surface area (TPSA) is 6.48 Å². The Bertz CT molecular complexity index is 323. The molecule has 0 aromatic carbocycles. The molecule has 4 fully saturated rings. The van der Waals surface area contributed by atoms with Crippen molar-refractivity contribution < 1.29 is 0 Å². The van der Waals surface area contributed by atoms with Crippen molar-refractivity contribution in [2.24, 2.45) is 23.2 Å². The van der Waals surface area contributed by atoms with Gasteiger partial charge in [0.15, 0.2) is 0 Å². The molecule has 0 N–H and O–H groups in total. The van der Waals surface area contributed by atoms with Crippen molar-refractivity contribution in [2.45, 2.75) is 51.5 Å². The van der Waals surface area contributed by atoms with Gasteiger partial charge >= 0.3 is 0 Å². The Balaban J connectivity index is 1.30. The molecular weight excluding hydrogens is 232 g/mol. The molecule has 0 aromatic heterocycles. The molecule has 19 heavy (non-hydrogen) atoms. The molecule has 4 aliphatic rings. The third-order valence-electron chi connectivity index (χ3n) is 6.92. The van der Waals surface area contributed by atoms with Crippen molar-refractivity contribution in [3.63, 3.8) is 0 Å². The van der Waals surface area contributed by atoms with Gasteiger partial charge in [0, 0.05) is 19.1 Å². The molecule has 0 amide bonds. The Hall–Kier alpha value is -0.0800. The van der Waals surface area contributed by atoms with Crippen LogP contribution in [0.25, 0.3) is 0 Å². The summed E-state index contributed by atoms with van der Waals surface area (Å²) >= 11 is 0. The van der Waals surface area contributed by atoms with Crippen LogP contribution in [0.3, 0.4) is 0 Å². The van der Waals surface area contributed by atoms with E-state index in [0.29, 0.717) is 0 Å². The zero-order chi connectivity index (χ0) is 13.0. The molecule has 2 nitrogen and oxygen atoms in total. The molecule has 2 aliphatic carbocycles. The van der Waals surface area contributed by atoms with E-state index in [1.54, 1.807) is 0 Å². The van der Waals surface area contributed by atoms with Crippen LogP contribution in [-0.4, -0.2) is 49.1 Å². The quantitative estimate of drug-likeness (QED) is 0.717. The van der Waals surface area contributed by atoms with Crippen LogP contribution in [0.1, 0.15) is 45.4 Å². The summed E-state index contributed by atoms with van der Waals surface area (Å²) in [6, 6.07) is 0.962. The van der Waals surface area contributed by atoms with E-state index >= 15 is 0 Å². The molecule has 0 unspecified atom stereocenters. The second-order valence-electron chi connectivity index (χ2n) is 8.42. The number of fused-ring (bicyclic) bond motifs is 1. The van der Waals surface area contributed by atoms with Gasteiger partial charge in [0.1, 0.15) is 0 Å². The largest absolute Gasteiger partial charge is 0.306 e. The minimum Gasteiger partial charge on any atom is -0.306 e. The average Bonchev–Trinajstić information content (AvgIpc) is 2.84.